The van der Waals surface area contributed by atoms with Gasteiger partial charge in [-0.25, -0.2) is 15.6 Å². The molecule has 3 atom stereocenters. The number of anilines is 3. The van der Waals surface area contributed by atoms with Crippen LogP contribution in [0.15, 0.2) is 83.3 Å². The maximum absolute atomic E-state index is 6.75. The molecule has 1 saturated heterocycles. The molecule has 0 radical (unpaired) electrons. The number of hydrazine groups is 1. The average Bonchev–Trinajstić information content (AvgIpc) is 3.83. The van der Waals surface area contributed by atoms with E-state index in [1.54, 1.807) is 0 Å². The first-order valence-electron chi connectivity index (χ1n) is 19.5. The van der Waals surface area contributed by atoms with Gasteiger partial charge in [-0.3, -0.25) is 4.90 Å². The van der Waals surface area contributed by atoms with Crippen molar-refractivity contribution in [2.24, 2.45) is 16.1 Å². The lowest BCUT2D eigenvalue weighted by atomic mass is 9.93. The summed E-state index contributed by atoms with van der Waals surface area (Å²) in [6.07, 6.45) is 6.83. The lowest BCUT2D eigenvalue weighted by Crippen LogP contribution is -2.46. The Balaban J connectivity index is 0.00000266. The minimum Gasteiger partial charge on any atom is -0.368 e. The fourth-order valence-corrected chi connectivity index (χ4v) is 7.52. The molecule has 3 aliphatic rings. The zero-order valence-corrected chi connectivity index (χ0v) is 34.0. The lowest BCUT2D eigenvalue weighted by Gasteiger charge is -2.37. The van der Waals surface area contributed by atoms with E-state index in [9.17, 15) is 0 Å². The number of piperazine rings is 1. The summed E-state index contributed by atoms with van der Waals surface area (Å²) in [6.45, 7) is 27.2. The fourth-order valence-electron chi connectivity index (χ4n) is 7.09. The van der Waals surface area contributed by atoms with Gasteiger partial charge in [0, 0.05) is 60.0 Å². The largest absolute Gasteiger partial charge is 0.368 e. The molecule has 3 aromatic carbocycles. The normalized spacial score (nSPS) is 18.0. The molecule has 6 rings (SSSR count). The van der Waals surface area contributed by atoms with Crippen molar-refractivity contribution in [3.63, 3.8) is 0 Å². The number of nitrogens with zero attached hydrogens (tertiary/aromatic N) is 7. The Labute approximate surface area is 323 Å². The van der Waals surface area contributed by atoms with Crippen LogP contribution >= 0.6 is 11.6 Å². The minimum absolute atomic E-state index is 0.329. The molecule has 0 aliphatic carbocycles. The first-order valence-corrected chi connectivity index (χ1v) is 19.9. The van der Waals surface area contributed by atoms with Crippen molar-refractivity contribution in [1.82, 2.24) is 15.6 Å². The maximum Gasteiger partial charge on any atom is 0.128 e. The number of hydrazone groups is 2. The molecule has 10 heteroatoms. The third-order valence-corrected chi connectivity index (χ3v) is 10.9. The molecule has 0 aromatic heterocycles. The van der Waals surface area contributed by atoms with Crippen molar-refractivity contribution < 1.29 is 4.74 Å². The van der Waals surface area contributed by atoms with E-state index in [1.807, 2.05) is 42.6 Å². The highest BCUT2D eigenvalue weighted by molar-refractivity contribution is 6.31. The van der Waals surface area contributed by atoms with Gasteiger partial charge in [-0.15, -0.1) is 0 Å². The number of aryl methyl sites for hydroxylation is 3. The molecule has 53 heavy (non-hydrogen) atoms. The Morgan fingerprint density at radius 1 is 0.906 bits per heavy atom. The molecule has 0 spiro atoms. The second-order valence-electron chi connectivity index (χ2n) is 14.6. The van der Waals surface area contributed by atoms with Crippen LogP contribution in [0.4, 0.5) is 17.1 Å². The maximum atomic E-state index is 6.75. The SMILES string of the molecule is C=C1N(c2ccc(N3CCN(c4ccc(CCC(C)COC(C)(CN5N=CCN5)c5ccc(C)cc5Cl)c(C)c4)CC3)cc2)C=NN1C(C)CC.CC. The van der Waals surface area contributed by atoms with Gasteiger partial charge in [0.05, 0.1) is 25.7 Å². The number of halogens is 1. The highest BCUT2D eigenvalue weighted by Crippen LogP contribution is 2.34. The Morgan fingerprint density at radius 3 is 2.19 bits per heavy atom. The Morgan fingerprint density at radius 2 is 1.57 bits per heavy atom. The van der Waals surface area contributed by atoms with Gasteiger partial charge in [-0.2, -0.15) is 10.2 Å². The van der Waals surface area contributed by atoms with E-state index in [1.165, 1.54) is 22.5 Å². The van der Waals surface area contributed by atoms with E-state index >= 15 is 0 Å². The third-order valence-electron chi connectivity index (χ3n) is 10.6. The van der Waals surface area contributed by atoms with Crippen molar-refractivity contribution in [3.8, 4) is 0 Å². The monoisotopic (exact) mass is 740 g/mol. The van der Waals surface area contributed by atoms with Gasteiger partial charge in [-0.1, -0.05) is 64.1 Å². The molecule has 3 heterocycles. The number of hydrogen-bond donors (Lipinski definition) is 1. The molecule has 3 aromatic rings. The smallest absolute Gasteiger partial charge is 0.128 e. The second-order valence-corrected chi connectivity index (χ2v) is 15.0. The molecule has 9 nitrogen and oxygen atoms in total. The fraction of sp³-hybridized carbons (Fsp3) is 0.488. The summed E-state index contributed by atoms with van der Waals surface area (Å²) in [5.74, 6) is 1.28. The van der Waals surface area contributed by atoms with Gasteiger partial charge in [0.15, 0.2) is 0 Å². The van der Waals surface area contributed by atoms with Gasteiger partial charge >= 0.3 is 0 Å². The van der Waals surface area contributed by atoms with E-state index in [0.717, 1.165) is 79.6 Å². The molecular weight excluding hydrogens is 680 g/mol. The predicted molar refractivity (Wildman–Crippen MR) is 225 cm³/mol. The van der Waals surface area contributed by atoms with Crippen LogP contribution in [-0.2, 0) is 16.8 Å². The summed E-state index contributed by atoms with van der Waals surface area (Å²) in [5.41, 5.74) is 11.2. The van der Waals surface area contributed by atoms with Crippen molar-refractivity contribution in [2.45, 2.75) is 86.3 Å². The molecule has 0 amide bonds. The summed E-state index contributed by atoms with van der Waals surface area (Å²) < 4.78 is 6.70. The summed E-state index contributed by atoms with van der Waals surface area (Å²) in [4.78, 5) is 7.07. The van der Waals surface area contributed by atoms with Crippen LogP contribution in [-0.4, -0.2) is 74.6 Å². The van der Waals surface area contributed by atoms with E-state index in [-0.39, 0.29) is 0 Å². The van der Waals surface area contributed by atoms with Crippen LogP contribution in [0.3, 0.4) is 0 Å². The molecule has 1 N–H and O–H groups in total. The molecule has 286 valence electrons. The van der Waals surface area contributed by atoms with Gasteiger partial charge < -0.3 is 14.5 Å². The molecule has 0 saturated carbocycles. The van der Waals surface area contributed by atoms with Crippen molar-refractivity contribution in [3.05, 3.63) is 100 Å². The summed E-state index contributed by atoms with van der Waals surface area (Å²) in [5, 5.41) is 13.6. The van der Waals surface area contributed by atoms with Crippen molar-refractivity contribution >= 4 is 41.2 Å². The molecular formula is C43H61ClN8O. The van der Waals surface area contributed by atoms with Crippen molar-refractivity contribution in [2.75, 3.05) is 60.6 Å². The highest BCUT2D eigenvalue weighted by Gasteiger charge is 2.34. The quantitative estimate of drug-likeness (QED) is 0.177. The number of rotatable bonds is 14. The first kappa shape index (κ1) is 40.1. The van der Waals surface area contributed by atoms with Crippen LogP contribution in [0.2, 0.25) is 5.02 Å². The van der Waals surface area contributed by atoms with E-state index in [0.29, 0.717) is 25.1 Å². The lowest BCUT2D eigenvalue weighted by molar-refractivity contribution is -0.0765. The molecule has 1 fully saturated rings. The van der Waals surface area contributed by atoms with Crippen molar-refractivity contribution in [1.29, 1.82) is 0 Å². The number of benzene rings is 3. The second kappa shape index (κ2) is 18.3. The zero-order valence-electron chi connectivity index (χ0n) is 33.3. The summed E-state index contributed by atoms with van der Waals surface area (Å²) >= 11 is 6.75. The Bertz CT molecular complexity index is 1720. The van der Waals surface area contributed by atoms with E-state index in [4.69, 9.17) is 16.3 Å². The number of nitrogens with one attached hydrogen (secondary N) is 1. The van der Waals surface area contributed by atoms with Crippen LogP contribution in [0.5, 0.6) is 0 Å². The van der Waals surface area contributed by atoms with Crippen LogP contribution in [0, 0.1) is 19.8 Å². The van der Waals surface area contributed by atoms with E-state index in [2.05, 4.69) is 133 Å². The predicted octanol–water partition coefficient (Wildman–Crippen LogP) is 8.95. The molecule has 3 aliphatic heterocycles. The Hall–Kier alpha value is -4.05. The summed E-state index contributed by atoms with van der Waals surface area (Å²) in [6, 6.07) is 22.3. The van der Waals surface area contributed by atoms with Gasteiger partial charge in [0.1, 0.15) is 17.8 Å². The topological polar surface area (TPSA) is 62.2 Å². The van der Waals surface area contributed by atoms with Gasteiger partial charge in [-0.05, 0) is 112 Å². The van der Waals surface area contributed by atoms with Crippen LogP contribution in [0.1, 0.15) is 76.6 Å². The third kappa shape index (κ3) is 9.74. The minimum atomic E-state index is -0.604. The van der Waals surface area contributed by atoms with E-state index < -0.39 is 5.60 Å². The number of ether oxygens (including phenoxy) is 1. The summed E-state index contributed by atoms with van der Waals surface area (Å²) in [7, 11) is 0. The first-order chi connectivity index (χ1) is 25.5. The standard InChI is InChI=1S/C41H55ClN8O.C2H6/c1-8-33(5)50-34(6)48(29-45-50)37-16-14-36(15-17-37)46-21-23-47(24-22-46)38-13-12-35(32(4)26-38)11-9-31(3)27-51-41(7,28-49-43-19-20-44-49)39-18-10-30(2)25-40(39)42;1-2/h10,12-19,25-26,29,31,33,44H,6,8-9,11,20-24,27-28H2,1-5,7H3;1-2H3. The zero-order chi connectivity index (χ0) is 38.1. The Kier molecular flexibility index (Phi) is 13.9. The average molecular weight is 741 g/mol. The highest BCUT2D eigenvalue weighted by atomic mass is 35.5. The van der Waals surface area contributed by atoms with Gasteiger partial charge in [0.2, 0.25) is 0 Å². The number of hydrogen-bond acceptors (Lipinski definition) is 9. The van der Waals surface area contributed by atoms with Crippen LogP contribution < -0.4 is 20.1 Å². The van der Waals surface area contributed by atoms with Crippen LogP contribution in [0.25, 0.3) is 0 Å². The van der Waals surface area contributed by atoms with Gasteiger partial charge in [0.25, 0.3) is 0 Å². The molecule has 3 unspecified atom stereocenters. The molecule has 0 bridgehead atoms.